The molecule has 3 atom stereocenters. The van der Waals surface area contributed by atoms with Gasteiger partial charge in [0.1, 0.15) is 5.54 Å². The Kier molecular flexibility index (Phi) is 3.30. The van der Waals surface area contributed by atoms with Gasteiger partial charge in [0.25, 0.3) is 0 Å². The lowest BCUT2D eigenvalue weighted by Crippen LogP contribution is -2.59. The Morgan fingerprint density at radius 1 is 1.33 bits per heavy atom. The van der Waals surface area contributed by atoms with Gasteiger partial charge in [0, 0.05) is 19.6 Å². The second kappa shape index (κ2) is 4.89. The van der Waals surface area contributed by atoms with Crippen LogP contribution in [-0.2, 0) is 9.59 Å². The van der Waals surface area contributed by atoms with E-state index >= 15 is 0 Å². The molecule has 3 heterocycles. The second-order valence-electron chi connectivity index (χ2n) is 6.37. The summed E-state index contributed by atoms with van der Waals surface area (Å²) in [5.41, 5.74) is -1.12. The van der Waals surface area contributed by atoms with Crippen LogP contribution in [0.4, 0.5) is 4.79 Å². The minimum Gasteiger partial charge on any atom is -0.480 e. The highest BCUT2D eigenvalue weighted by molar-refractivity contribution is 5.88. The van der Waals surface area contributed by atoms with E-state index in [2.05, 4.69) is 5.32 Å². The van der Waals surface area contributed by atoms with Gasteiger partial charge in [0.2, 0.25) is 5.91 Å². The maximum atomic E-state index is 12.8. The first-order valence-corrected chi connectivity index (χ1v) is 7.54. The molecule has 3 amide bonds. The van der Waals surface area contributed by atoms with Gasteiger partial charge in [-0.05, 0) is 32.6 Å². The number of carbonyl (C=O) groups is 3. The first-order valence-electron chi connectivity index (χ1n) is 7.54. The zero-order valence-electron chi connectivity index (χ0n) is 12.2. The third kappa shape index (κ3) is 2.06. The summed E-state index contributed by atoms with van der Waals surface area (Å²) in [7, 11) is 0. The summed E-state index contributed by atoms with van der Waals surface area (Å²) >= 11 is 0. The van der Waals surface area contributed by atoms with Crippen LogP contribution in [0.15, 0.2) is 0 Å². The van der Waals surface area contributed by atoms with Gasteiger partial charge in [-0.1, -0.05) is 0 Å². The number of aliphatic carboxylic acids is 1. The third-order valence-corrected chi connectivity index (χ3v) is 5.18. The summed E-state index contributed by atoms with van der Waals surface area (Å²) in [5.74, 6) is -1.08. The van der Waals surface area contributed by atoms with Crippen LogP contribution < -0.4 is 5.32 Å². The van der Waals surface area contributed by atoms with Crippen molar-refractivity contribution in [3.8, 4) is 0 Å². The predicted molar refractivity (Wildman–Crippen MR) is 73.6 cm³/mol. The number of urea groups is 1. The number of carboxylic acids is 1. The Balaban J connectivity index is 1.81. The first kappa shape index (κ1) is 14.2. The molecule has 0 saturated carbocycles. The molecule has 0 aromatic heterocycles. The highest BCUT2D eigenvalue weighted by atomic mass is 16.4. The Labute approximate surface area is 123 Å². The molecule has 7 heteroatoms. The molecule has 0 aliphatic carbocycles. The molecule has 3 saturated heterocycles. The molecule has 3 aliphatic heterocycles. The number of likely N-dealkylation sites (tertiary alicyclic amines) is 2. The van der Waals surface area contributed by atoms with E-state index in [1.165, 1.54) is 4.90 Å². The van der Waals surface area contributed by atoms with Crippen molar-refractivity contribution < 1.29 is 19.5 Å². The number of fused-ring (bicyclic) bond motifs is 1. The van der Waals surface area contributed by atoms with Crippen LogP contribution in [0.25, 0.3) is 0 Å². The van der Waals surface area contributed by atoms with Crippen molar-refractivity contribution in [1.82, 2.24) is 15.1 Å². The van der Waals surface area contributed by atoms with Crippen molar-refractivity contribution in [3.63, 3.8) is 0 Å². The van der Waals surface area contributed by atoms with Crippen molar-refractivity contribution in [3.05, 3.63) is 0 Å². The van der Waals surface area contributed by atoms with Gasteiger partial charge in [-0.3, -0.25) is 4.79 Å². The lowest BCUT2D eigenvalue weighted by atomic mass is 9.91. The predicted octanol–water partition coefficient (Wildman–Crippen LogP) is 0.256. The summed E-state index contributed by atoms with van der Waals surface area (Å²) in [6, 6.07) is -0.360. The van der Waals surface area contributed by atoms with Gasteiger partial charge in [0.15, 0.2) is 0 Å². The molecule has 116 valence electrons. The summed E-state index contributed by atoms with van der Waals surface area (Å²) in [5, 5.41) is 12.3. The number of rotatable bonds is 1. The summed E-state index contributed by atoms with van der Waals surface area (Å²) < 4.78 is 0. The SMILES string of the molecule is CC1(C(=O)O)CCCN1C(=O)N1CCCC2C(=O)NCC21. The molecule has 7 nitrogen and oxygen atoms in total. The van der Waals surface area contributed by atoms with E-state index in [9.17, 15) is 19.5 Å². The number of carboxylic acid groups (broad SMARTS) is 1. The van der Waals surface area contributed by atoms with Crippen LogP contribution in [0.5, 0.6) is 0 Å². The van der Waals surface area contributed by atoms with Crippen molar-refractivity contribution in [2.24, 2.45) is 5.92 Å². The summed E-state index contributed by atoms with van der Waals surface area (Å²) in [6.07, 6.45) is 2.77. The number of piperidine rings is 1. The smallest absolute Gasteiger partial charge is 0.329 e. The Bertz CT molecular complexity index is 495. The average molecular weight is 295 g/mol. The summed E-state index contributed by atoms with van der Waals surface area (Å²) in [4.78, 5) is 39.3. The zero-order valence-corrected chi connectivity index (χ0v) is 12.2. The lowest BCUT2D eigenvalue weighted by Gasteiger charge is -2.41. The second-order valence-corrected chi connectivity index (χ2v) is 6.37. The minimum atomic E-state index is -1.12. The van der Waals surface area contributed by atoms with E-state index in [-0.39, 0.29) is 23.9 Å². The highest BCUT2D eigenvalue weighted by Gasteiger charge is 2.50. The number of hydrogen-bond donors (Lipinski definition) is 2. The molecular formula is C14H21N3O4. The number of nitrogens with zero attached hydrogens (tertiary/aromatic N) is 2. The van der Waals surface area contributed by atoms with E-state index in [0.717, 1.165) is 12.8 Å². The van der Waals surface area contributed by atoms with Gasteiger partial charge in [-0.25, -0.2) is 9.59 Å². The van der Waals surface area contributed by atoms with Gasteiger partial charge in [-0.15, -0.1) is 0 Å². The van der Waals surface area contributed by atoms with E-state index < -0.39 is 11.5 Å². The average Bonchev–Trinajstić information content (AvgIpc) is 3.03. The van der Waals surface area contributed by atoms with Crippen molar-refractivity contribution in [2.75, 3.05) is 19.6 Å². The van der Waals surface area contributed by atoms with Gasteiger partial charge < -0.3 is 20.2 Å². The molecular weight excluding hydrogens is 274 g/mol. The monoisotopic (exact) mass is 295 g/mol. The van der Waals surface area contributed by atoms with Gasteiger partial charge in [-0.2, -0.15) is 0 Å². The lowest BCUT2D eigenvalue weighted by molar-refractivity contribution is -0.147. The summed E-state index contributed by atoms with van der Waals surface area (Å²) in [6.45, 7) is 3.16. The van der Waals surface area contributed by atoms with Crippen molar-refractivity contribution >= 4 is 17.9 Å². The minimum absolute atomic E-state index is 0.0138. The Hall–Kier alpha value is -1.79. The molecule has 21 heavy (non-hydrogen) atoms. The fourth-order valence-electron chi connectivity index (χ4n) is 3.84. The third-order valence-electron chi connectivity index (χ3n) is 5.18. The molecule has 0 aromatic carbocycles. The van der Waals surface area contributed by atoms with Crippen LogP contribution in [-0.4, -0.2) is 64.0 Å². The molecule has 3 aliphatic rings. The normalized spacial score (nSPS) is 35.6. The van der Waals surface area contributed by atoms with Gasteiger partial charge in [0.05, 0.1) is 12.0 Å². The number of nitrogens with one attached hydrogen (secondary N) is 1. The molecule has 0 radical (unpaired) electrons. The zero-order chi connectivity index (χ0) is 15.2. The maximum Gasteiger partial charge on any atom is 0.329 e. The molecule has 0 aromatic rings. The Morgan fingerprint density at radius 2 is 2.10 bits per heavy atom. The van der Waals surface area contributed by atoms with E-state index in [1.54, 1.807) is 11.8 Å². The first-order chi connectivity index (χ1) is 9.95. The van der Waals surface area contributed by atoms with Crippen LogP contribution in [0.2, 0.25) is 0 Å². The Morgan fingerprint density at radius 3 is 2.81 bits per heavy atom. The molecule has 2 N–H and O–H groups in total. The van der Waals surface area contributed by atoms with E-state index in [4.69, 9.17) is 0 Å². The van der Waals surface area contributed by atoms with Gasteiger partial charge >= 0.3 is 12.0 Å². The highest BCUT2D eigenvalue weighted by Crippen LogP contribution is 2.34. The van der Waals surface area contributed by atoms with Crippen LogP contribution in [0.1, 0.15) is 32.6 Å². The standard InChI is InChI=1S/C14H21N3O4/c1-14(12(19)20)5-3-7-17(14)13(21)16-6-2-4-9-10(16)8-15-11(9)18/h9-10H,2-8H2,1H3,(H,15,18)(H,19,20). The van der Waals surface area contributed by atoms with Crippen LogP contribution in [0, 0.1) is 5.92 Å². The molecule has 3 rings (SSSR count). The molecule has 0 bridgehead atoms. The largest absolute Gasteiger partial charge is 0.480 e. The number of carbonyl (C=O) groups excluding carboxylic acids is 2. The van der Waals surface area contributed by atoms with Crippen molar-refractivity contribution in [2.45, 2.75) is 44.2 Å². The molecule has 0 spiro atoms. The number of hydrogen-bond acceptors (Lipinski definition) is 3. The van der Waals surface area contributed by atoms with Crippen LogP contribution in [0.3, 0.4) is 0 Å². The van der Waals surface area contributed by atoms with E-state index in [0.29, 0.717) is 32.5 Å². The fourth-order valence-corrected chi connectivity index (χ4v) is 3.84. The quantitative estimate of drug-likeness (QED) is 0.726. The van der Waals surface area contributed by atoms with Crippen molar-refractivity contribution in [1.29, 1.82) is 0 Å². The topological polar surface area (TPSA) is 90.0 Å². The maximum absolute atomic E-state index is 12.8. The molecule has 3 unspecified atom stereocenters. The fraction of sp³-hybridized carbons (Fsp3) is 0.786. The van der Waals surface area contributed by atoms with E-state index in [1.807, 2.05) is 0 Å². The molecule has 3 fully saturated rings. The number of amides is 3. The van der Waals surface area contributed by atoms with Crippen LogP contribution >= 0.6 is 0 Å².